The van der Waals surface area contributed by atoms with Crippen molar-refractivity contribution in [2.45, 2.75) is 6.42 Å². The van der Waals surface area contributed by atoms with Crippen molar-refractivity contribution in [3.05, 3.63) is 45.2 Å². The van der Waals surface area contributed by atoms with Crippen LogP contribution in [-0.4, -0.2) is 22.6 Å². The number of carbonyl (C=O) groups is 1. The number of carbonyl (C=O) groups excluding carboxylic acids is 1. The lowest BCUT2D eigenvalue weighted by molar-refractivity contribution is 0.103. The lowest BCUT2D eigenvalue weighted by atomic mass is 10.3. The first-order chi connectivity index (χ1) is 9.69. The second-order valence-electron chi connectivity index (χ2n) is 3.76. The molecule has 0 saturated carbocycles. The Bertz CT molecular complexity index is 656. The standard InChI is InChI=1S/C14H11ClN2O2S/c15-10-4-7-13(16-9-10)17-14(19)12-6-5-11(20-12)3-1-2-8-18/h4-7,9,18H,2,8H2,(H,16,17,19). The molecule has 2 heterocycles. The number of nitrogens with zero attached hydrogens (tertiary/aromatic N) is 1. The Morgan fingerprint density at radius 3 is 2.95 bits per heavy atom. The maximum Gasteiger partial charge on any atom is 0.266 e. The summed E-state index contributed by atoms with van der Waals surface area (Å²) in [5, 5.41) is 11.8. The highest BCUT2D eigenvalue weighted by Gasteiger charge is 2.09. The fourth-order valence-electron chi connectivity index (χ4n) is 1.36. The zero-order valence-corrected chi connectivity index (χ0v) is 12.0. The summed E-state index contributed by atoms with van der Waals surface area (Å²) in [6.07, 6.45) is 1.89. The lowest BCUT2D eigenvalue weighted by Gasteiger charge is -2.01. The summed E-state index contributed by atoms with van der Waals surface area (Å²) in [4.78, 5) is 17.3. The first-order valence-electron chi connectivity index (χ1n) is 5.81. The minimum absolute atomic E-state index is 0.0357. The van der Waals surface area contributed by atoms with Crippen molar-refractivity contribution in [1.29, 1.82) is 0 Å². The number of hydrogen-bond acceptors (Lipinski definition) is 4. The normalized spacial score (nSPS) is 9.70. The molecule has 20 heavy (non-hydrogen) atoms. The number of hydrogen-bond donors (Lipinski definition) is 2. The molecule has 0 unspecified atom stereocenters. The first-order valence-corrected chi connectivity index (χ1v) is 7.01. The number of aliphatic hydroxyl groups excluding tert-OH is 1. The summed E-state index contributed by atoms with van der Waals surface area (Å²) >= 11 is 7.02. The molecular formula is C14H11ClN2O2S. The smallest absolute Gasteiger partial charge is 0.266 e. The highest BCUT2D eigenvalue weighted by Crippen LogP contribution is 2.17. The number of anilines is 1. The van der Waals surface area contributed by atoms with Gasteiger partial charge in [-0.05, 0) is 24.3 Å². The van der Waals surface area contributed by atoms with Gasteiger partial charge in [0.1, 0.15) is 5.82 Å². The van der Waals surface area contributed by atoms with Crippen molar-refractivity contribution in [1.82, 2.24) is 4.98 Å². The Morgan fingerprint density at radius 2 is 2.25 bits per heavy atom. The van der Waals surface area contributed by atoms with Crippen molar-refractivity contribution in [3.8, 4) is 11.8 Å². The minimum atomic E-state index is -0.236. The zero-order valence-electron chi connectivity index (χ0n) is 10.4. The number of halogens is 1. The highest BCUT2D eigenvalue weighted by molar-refractivity contribution is 7.14. The lowest BCUT2D eigenvalue weighted by Crippen LogP contribution is -2.10. The molecule has 0 aliphatic carbocycles. The van der Waals surface area contributed by atoms with E-state index >= 15 is 0 Å². The third kappa shape index (κ3) is 4.07. The van der Waals surface area contributed by atoms with Crippen LogP contribution in [0.2, 0.25) is 5.02 Å². The van der Waals surface area contributed by atoms with Crippen molar-refractivity contribution >= 4 is 34.7 Å². The van der Waals surface area contributed by atoms with E-state index in [0.717, 1.165) is 4.88 Å². The summed E-state index contributed by atoms with van der Waals surface area (Å²) in [5.74, 6) is 5.91. The van der Waals surface area contributed by atoms with Gasteiger partial charge in [-0.2, -0.15) is 0 Å². The van der Waals surface area contributed by atoms with Gasteiger partial charge < -0.3 is 10.4 Å². The number of rotatable bonds is 3. The van der Waals surface area contributed by atoms with Gasteiger partial charge in [0.05, 0.1) is 21.4 Å². The van der Waals surface area contributed by atoms with Crippen LogP contribution in [0.5, 0.6) is 0 Å². The average Bonchev–Trinajstić information content (AvgIpc) is 2.91. The molecule has 6 heteroatoms. The molecule has 2 aromatic heterocycles. The van der Waals surface area contributed by atoms with Crippen LogP contribution in [0.4, 0.5) is 5.82 Å². The average molecular weight is 307 g/mol. The first kappa shape index (κ1) is 14.5. The number of aliphatic hydroxyl groups is 1. The largest absolute Gasteiger partial charge is 0.395 e. The number of nitrogens with one attached hydrogen (secondary N) is 1. The molecule has 0 aliphatic heterocycles. The van der Waals surface area contributed by atoms with Crippen LogP contribution < -0.4 is 5.32 Å². The summed E-state index contributed by atoms with van der Waals surface area (Å²) in [6.45, 7) is 0.0357. The predicted octanol–water partition coefficient (Wildman–Crippen LogP) is 2.78. The quantitative estimate of drug-likeness (QED) is 0.857. The van der Waals surface area contributed by atoms with Crippen LogP contribution in [-0.2, 0) is 0 Å². The second kappa shape index (κ2) is 7.06. The van der Waals surface area contributed by atoms with Crippen LogP contribution in [0, 0.1) is 11.8 Å². The van der Waals surface area contributed by atoms with Gasteiger partial charge in [-0.25, -0.2) is 4.98 Å². The topological polar surface area (TPSA) is 62.2 Å². The molecule has 4 nitrogen and oxygen atoms in total. The Balaban J connectivity index is 2.03. The number of amides is 1. The summed E-state index contributed by atoms with van der Waals surface area (Å²) in [7, 11) is 0. The van der Waals surface area contributed by atoms with E-state index in [0.29, 0.717) is 22.1 Å². The van der Waals surface area contributed by atoms with E-state index in [-0.39, 0.29) is 12.5 Å². The number of thiophene rings is 1. The van der Waals surface area contributed by atoms with E-state index in [2.05, 4.69) is 22.1 Å². The molecule has 0 aromatic carbocycles. The molecule has 2 rings (SSSR count). The van der Waals surface area contributed by atoms with E-state index in [4.69, 9.17) is 16.7 Å². The number of pyridine rings is 1. The zero-order chi connectivity index (χ0) is 14.4. The van der Waals surface area contributed by atoms with Gasteiger partial charge in [-0.3, -0.25) is 4.79 Å². The molecule has 0 bridgehead atoms. The van der Waals surface area contributed by atoms with Crippen LogP contribution in [0.15, 0.2) is 30.5 Å². The van der Waals surface area contributed by atoms with Gasteiger partial charge in [0.25, 0.3) is 5.91 Å². The molecule has 102 valence electrons. The summed E-state index contributed by atoms with van der Waals surface area (Å²) in [5.41, 5.74) is 0. The van der Waals surface area contributed by atoms with Gasteiger partial charge in [0.15, 0.2) is 0 Å². The Labute approximate surface area is 125 Å². The molecule has 0 radical (unpaired) electrons. The van der Waals surface area contributed by atoms with E-state index in [1.165, 1.54) is 17.5 Å². The molecule has 2 aromatic rings. The molecule has 0 atom stereocenters. The summed E-state index contributed by atoms with van der Waals surface area (Å²) < 4.78 is 0. The van der Waals surface area contributed by atoms with Crippen molar-refractivity contribution < 1.29 is 9.90 Å². The van der Waals surface area contributed by atoms with E-state index in [1.807, 2.05) is 0 Å². The van der Waals surface area contributed by atoms with Gasteiger partial charge in [-0.15, -0.1) is 11.3 Å². The van der Waals surface area contributed by atoms with E-state index in [1.54, 1.807) is 24.3 Å². The molecule has 1 amide bonds. The Kier molecular flexibility index (Phi) is 5.13. The molecule has 0 saturated heterocycles. The minimum Gasteiger partial charge on any atom is -0.395 e. The maximum absolute atomic E-state index is 12.0. The molecule has 0 aliphatic rings. The van der Waals surface area contributed by atoms with E-state index < -0.39 is 0 Å². The predicted molar refractivity (Wildman–Crippen MR) is 80.1 cm³/mol. The van der Waals surface area contributed by atoms with E-state index in [9.17, 15) is 4.79 Å². The van der Waals surface area contributed by atoms with Crippen LogP contribution >= 0.6 is 22.9 Å². The third-order valence-electron chi connectivity index (χ3n) is 2.25. The number of aromatic nitrogens is 1. The molecule has 2 N–H and O–H groups in total. The van der Waals surface area contributed by atoms with Gasteiger partial charge in [0.2, 0.25) is 0 Å². The van der Waals surface area contributed by atoms with Gasteiger partial charge in [-0.1, -0.05) is 23.4 Å². The van der Waals surface area contributed by atoms with Gasteiger partial charge in [0, 0.05) is 12.6 Å². The summed E-state index contributed by atoms with van der Waals surface area (Å²) in [6, 6.07) is 6.78. The van der Waals surface area contributed by atoms with Crippen LogP contribution in [0.25, 0.3) is 0 Å². The maximum atomic E-state index is 12.0. The van der Waals surface area contributed by atoms with Crippen molar-refractivity contribution in [3.63, 3.8) is 0 Å². The monoisotopic (exact) mass is 306 g/mol. The van der Waals surface area contributed by atoms with Crippen LogP contribution in [0.1, 0.15) is 21.0 Å². The Hall–Kier alpha value is -1.87. The van der Waals surface area contributed by atoms with Gasteiger partial charge >= 0.3 is 0 Å². The molecular weight excluding hydrogens is 296 g/mol. The second-order valence-corrected chi connectivity index (χ2v) is 5.28. The highest BCUT2D eigenvalue weighted by atomic mass is 35.5. The molecule has 0 fully saturated rings. The molecule has 0 spiro atoms. The SMILES string of the molecule is O=C(Nc1ccc(Cl)cn1)c1ccc(C#CCCO)s1. The van der Waals surface area contributed by atoms with Crippen LogP contribution in [0.3, 0.4) is 0 Å². The van der Waals surface area contributed by atoms with Crippen molar-refractivity contribution in [2.24, 2.45) is 0 Å². The fraction of sp³-hybridized carbons (Fsp3) is 0.143. The fourth-order valence-corrected chi connectivity index (χ4v) is 2.25. The third-order valence-corrected chi connectivity index (χ3v) is 3.47. The Morgan fingerprint density at radius 1 is 1.40 bits per heavy atom. The van der Waals surface area contributed by atoms with Crippen molar-refractivity contribution in [2.75, 3.05) is 11.9 Å².